The second-order valence-corrected chi connectivity index (χ2v) is 6.45. The number of aliphatic hydroxyl groups is 1. The number of hydrogen-bond acceptors (Lipinski definition) is 8. The van der Waals surface area contributed by atoms with E-state index in [4.69, 9.17) is 4.74 Å². The van der Waals surface area contributed by atoms with Gasteiger partial charge in [-0.2, -0.15) is 0 Å². The predicted molar refractivity (Wildman–Crippen MR) is 101 cm³/mol. The van der Waals surface area contributed by atoms with E-state index in [1.807, 2.05) is 19.2 Å². The number of rotatable bonds is 7. The molecule has 26 heavy (non-hydrogen) atoms. The fourth-order valence-corrected chi connectivity index (χ4v) is 3.35. The molecule has 1 aliphatic rings. The Labute approximate surface area is 153 Å². The molecule has 0 saturated carbocycles. The molecule has 1 unspecified atom stereocenters. The van der Waals surface area contributed by atoms with Gasteiger partial charge < -0.3 is 25.4 Å². The Morgan fingerprint density at radius 3 is 3.04 bits per heavy atom. The molecule has 2 aromatic rings. The molecule has 0 aliphatic carbocycles. The summed E-state index contributed by atoms with van der Waals surface area (Å²) in [7, 11) is 3.48. The van der Waals surface area contributed by atoms with Gasteiger partial charge in [-0.3, -0.25) is 4.98 Å². The summed E-state index contributed by atoms with van der Waals surface area (Å²) in [6, 6.07) is 4.12. The van der Waals surface area contributed by atoms with Crippen molar-refractivity contribution in [3.05, 3.63) is 36.4 Å². The van der Waals surface area contributed by atoms with Crippen LogP contribution < -0.4 is 20.3 Å². The molecule has 2 aromatic heterocycles. The van der Waals surface area contributed by atoms with Gasteiger partial charge in [-0.25, -0.2) is 9.97 Å². The van der Waals surface area contributed by atoms with E-state index in [-0.39, 0.29) is 18.2 Å². The Hall–Kier alpha value is -2.45. The topological polar surface area (TPSA) is 95.4 Å². The van der Waals surface area contributed by atoms with Crippen LogP contribution in [0.15, 0.2) is 30.9 Å². The largest absolute Gasteiger partial charge is 0.495 e. The minimum atomic E-state index is -0.361. The van der Waals surface area contributed by atoms with Crippen molar-refractivity contribution in [1.29, 1.82) is 0 Å². The maximum absolute atomic E-state index is 10.2. The highest BCUT2D eigenvalue weighted by molar-refractivity contribution is 5.50. The molecule has 1 aliphatic heterocycles. The zero-order chi connectivity index (χ0) is 18.5. The van der Waals surface area contributed by atoms with Crippen molar-refractivity contribution in [2.45, 2.75) is 31.5 Å². The van der Waals surface area contributed by atoms with Crippen molar-refractivity contribution in [3.63, 3.8) is 0 Å². The highest BCUT2D eigenvalue weighted by Crippen LogP contribution is 2.27. The van der Waals surface area contributed by atoms with E-state index >= 15 is 0 Å². The summed E-state index contributed by atoms with van der Waals surface area (Å²) in [5, 5.41) is 16.7. The van der Waals surface area contributed by atoms with E-state index in [1.165, 1.54) is 0 Å². The lowest BCUT2D eigenvalue weighted by molar-refractivity contribution is 0.193. The number of pyridine rings is 1. The summed E-state index contributed by atoms with van der Waals surface area (Å²) < 4.78 is 5.39. The fraction of sp³-hybridized carbons (Fsp3) is 0.500. The highest BCUT2D eigenvalue weighted by atomic mass is 16.5. The summed E-state index contributed by atoms with van der Waals surface area (Å²) in [5.41, 5.74) is 1.06. The van der Waals surface area contributed by atoms with Crippen molar-refractivity contribution < 1.29 is 9.84 Å². The van der Waals surface area contributed by atoms with Crippen LogP contribution in [0.5, 0.6) is 5.75 Å². The van der Waals surface area contributed by atoms with E-state index in [1.54, 1.807) is 25.8 Å². The Balaban J connectivity index is 1.69. The number of aromatic nitrogens is 3. The molecule has 0 spiro atoms. The van der Waals surface area contributed by atoms with Gasteiger partial charge in [0, 0.05) is 50.0 Å². The smallest absolute Gasteiger partial charge is 0.141 e. The summed E-state index contributed by atoms with van der Waals surface area (Å²) in [6.07, 6.45) is 5.37. The number of nitrogens with one attached hydrogen (secondary N) is 2. The predicted octanol–water partition coefficient (Wildman–Crippen LogP) is 1.21. The maximum Gasteiger partial charge on any atom is 0.141 e. The number of aliphatic hydroxyl groups excluding tert-OH is 1. The molecule has 3 rings (SSSR count). The van der Waals surface area contributed by atoms with Crippen LogP contribution in [0.25, 0.3) is 0 Å². The first-order valence-electron chi connectivity index (χ1n) is 8.78. The first-order chi connectivity index (χ1) is 12.6. The normalized spacial score (nSPS) is 20.8. The van der Waals surface area contributed by atoms with Crippen molar-refractivity contribution in [1.82, 2.24) is 20.3 Å². The maximum atomic E-state index is 10.2. The standard InChI is InChI=1S/C18H26N6O2/c1-12(15-4-5-20-9-16(15)26-3)21-8-13-6-14(25)10-24(13)18-7-17(19-2)22-11-23-18/h4-5,7,9,11-14,21,25H,6,8,10H2,1-3H3,(H,19,22,23)/t12?,13-,14-/m1/s1. The zero-order valence-electron chi connectivity index (χ0n) is 15.4. The summed E-state index contributed by atoms with van der Waals surface area (Å²) in [4.78, 5) is 14.8. The zero-order valence-corrected chi connectivity index (χ0v) is 15.4. The average Bonchev–Trinajstić information content (AvgIpc) is 3.06. The number of methoxy groups -OCH3 is 1. The second kappa shape index (κ2) is 8.29. The van der Waals surface area contributed by atoms with Crippen LogP contribution in [-0.4, -0.2) is 59.5 Å². The van der Waals surface area contributed by atoms with Crippen molar-refractivity contribution in [2.24, 2.45) is 0 Å². The number of β-amino-alcohol motifs (C(OH)–C–C–N with tert-alkyl or cyclic N) is 1. The molecule has 0 bridgehead atoms. The van der Waals surface area contributed by atoms with Gasteiger partial charge in [-0.1, -0.05) is 0 Å². The number of anilines is 2. The van der Waals surface area contributed by atoms with Crippen LogP contribution in [-0.2, 0) is 0 Å². The van der Waals surface area contributed by atoms with Gasteiger partial charge in [-0.15, -0.1) is 0 Å². The van der Waals surface area contributed by atoms with Gasteiger partial charge in [0.2, 0.25) is 0 Å². The highest BCUT2D eigenvalue weighted by Gasteiger charge is 2.32. The van der Waals surface area contributed by atoms with E-state index in [0.717, 1.165) is 29.5 Å². The minimum Gasteiger partial charge on any atom is -0.495 e. The monoisotopic (exact) mass is 358 g/mol. The summed E-state index contributed by atoms with van der Waals surface area (Å²) in [5.74, 6) is 2.35. The molecule has 140 valence electrons. The molecule has 0 aromatic carbocycles. The first kappa shape index (κ1) is 18.3. The molecule has 0 amide bonds. The van der Waals surface area contributed by atoms with E-state index < -0.39 is 0 Å². The van der Waals surface area contributed by atoms with Crippen LogP contribution in [0.2, 0.25) is 0 Å². The molecular formula is C18H26N6O2. The summed E-state index contributed by atoms with van der Waals surface area (Å²) >= 11 is 0. The molecule has 1 saturated heterocycles. The molecule has 3 atom stereocenters. The van der Waals surface area contributed by atoms with Crippen LogP contribution in [0.3, 0.4) is 0 Å². The number of hydrogen-bond donors (Lipinski definition) is 3. The third-order valence-electron chi connectivity index (χ3n) is 4.76. The minimum absolute atomic E-state index is 0.103. The molecular weight excluding hydrogens is 332 g/mol. The fourth-order valence-electron chi connectivity index (χ4n) is 3.35. The van der Waals surface area contributed by atoms with Crippen molar-refractivity contribution in [3.8, 4) is 5.75 Å². The SMILES string of the molecule is CNc1cc(N2C[C@H](O)C[C@@H]2CNC(C)c2ccncc2OC)ncn1. The molecule has 1 fully saturated rings. The Bertz CT molecular complexity index is 728. The number of ether oxygens (including phenoxy) is 1. The molecule has 0 radical (unpaired) electrons. The van der Waals surface area contributed by atoms with Gasteiger partial charge in [0.15, 0.2) is 0 Å². The van der Waals surface area contributed by atoms with Crippen molar-refractivity contribution in [2.75, 3.05) is 37.5 Å². The lowest BCUT2D eigenvalue weighted by atomic mass is 10.1. The molecule has 3 N–H and O–H groups in total. The van der Waals surface area contributed by atoms with Gasteiger partial charge >= 0.3 is 0 Å². The Morgan fingerprint density at radius 1 is 1.42 bits per heavy atom. The molecule has 3 heterocycles. The summed E-state index contributed by atoms with van der Waals surface area (Å²) in [6.45, 7) is 3.39. The van der Waals surface area contributed by atoms with Crippen LogP contribution in [0.1, 0.15) is 24.9 Å². The van der Waals surface area contributed by atoms with Gasteiger partial charge in [0.05, 0.1) is 19.4 Å². The van der Waals surface area contributed by atoms with Gasteiger partial charge in [0.1, 0.15) is 23.7 Å². The first-order valence-corrected chi connectivity index (χ1v) is 8.78. The average molecular weight is 358 g/mol. The van der Waals surface area contributed by atoms with Gasteiger partial charge in [-0.05, 0) is 19.4 Å². The van der Waals surface area contributed by atoms with E-state index in [2.05, 4.69) is 37.4 Å². The van der Waals surface area contributed by atoms with Crippen LogP contribution >= 0.6 is 0 Å². The van der Waals surface area contributed by atoms with E-state index in [0.29, 0.717) is 13.0 Å². The molecule has 8 nitrogen and oxygen atoms in total. The second-order valence-electron chi connectivity index (χ2n) is 6.45. The molecule has 8 heteroatoms. The van der Waals surface area contributed by atoms with Crippen LogP contribution in [0, 0.1) is 0 Å². The Kier molecular flexibility index (Phi) is 5.85. The van der Waals surface area contributed by atoms with Crippen molar-refractivity contribution >= 4 is 11.6 Å². The quantitative estimate of drug-likeness (QED) is 0.680. The third kappa shape index (κ3) is 4.03. The van der Waals surface area contributed by atoms with Crippen LogP contribution in [0.4, 0.5) is 11.6 Å². The lowest BCUT2D eigenvalue weighted by Crippen LogP contribution is -2.39. The number of nitrogens with zero attached hydrogens (tertiary/aromatic N) is 4. The lowest BCUT2D eigenvalue weighted by Gasteiger charge is -2.27. The Morgan fingerprint density at radius 2 is 2.27 bits per heavy atom. The van der Waals surface area contributed by atoms with Gasteiger partial charge in [0.25, 0.3) is 0 Å². The van der Waals surface area contributed by atoms with E-state index in [9.17, 15) is 5.11 Å². The third-order valence-corrected chi connectivity index (χ3v) is 4.76.